The summed E-state index contributed by atoms with van der Waals surface area (Å²) in [5.41, 5.74) is 4.49. The Kier molecular flexibility index (Phi) is 3.28. The number of hydrogen-bond donors (Lipinski definition) is 2. The number of aromatic nitrogens is 2. The van der Waals surface area contributed by atoms with Crippen LogP contribution in [0.1, 0.15) is 11.9 Å². The lowest BCUT2D eigenvalue weighted by atomic mass is 10.1. The van der Waals surface area contributed by atoms with E-state index in [1.807, 2.05) is 36.4 Å². The van der Waals surface area contributed by atoms with Crippen LogP contribution in [-0.4, -0.2) is 19.8 Å². The van der Waals surface area contributed by atoms with Gasteiger partial charge < -0.3 is 14.8 Å². The molecule has 0 amide bonds. The first kappa shape index (κ1) is 15.1. The molecule has 0 atom stereocenters. The number of nitrogens with zero attached hydrogens (tertiary/aromatic N) is 2. The monoisotopic (exact) mass is 340 g/mol. The topological polar surface area (TPSA) is 58.3 Å². The molecule has 0 bridgehead atoms. The SMILES string of the molecule is OC(O)c1ccc2c(c1)c1ccccc1n2-c1cccc2cccnc12. The van der Waals surface area contributed by atoms with Crippen LogP contribution in [-0.2, 0) is 0 Å². The maximum atomic E-state index is 9.56. The van der Waals surface area contributed by atoms with E-state index in [-0.39, 0.29) is 0 Å². The summed E-state index contributed by atoms with van der Waals surface area (Å²) in [6.45, 7) is 0. The summed E-state index contributed by atoms with van der Waals surface area (Å²) < 4.78 is 2.19. The van der Waals surface area contributed by atoms with E-state index < -0.39 is 6.29 Å². The molecule has 5 aromatic rings. The molecule has 0 aliphatic heterocycles. The molecule has 4 heteroatoms. The van der Waals surface area contributed by atoms with Gasteiger partial charge in [0.1, 0.15) is 0 Å². The number of benzene rings is 3. The maximum Gasteiger partial charge on any atom is 0.178 e. The second-order valence-electron chi connectivity index (χ2n) is 6.36. The fourth-order valence-electron chi connectivity index (χ4n) is 3.68. The first-order chi connectivity index (χ1) is 12.7. The van der Waals surface area contributed by atoms with Gasteiger partial charge in [-0.25, -0.2) is 0 Å². The molecule has 0 saturated heterocycles. The summed E-state index contributed by atoms with van der Waals surface area (Å²) in [7, 11) is 0. The summed E-state index contributed by atoms with van der Waals surface area (Å²) in [5.74, 6) is 0. The fraction of sp³-hybridized carbons (Fsp3) is 0.0455. The van der Waals surface area contributed by atoms with Crippen molar-refractivity contribution >= 4 is 32.7 Å². The average molecular weight is 340 g/mol. The first-order valence-electron chi connectivity index (χ1n) is 8.47. The Morgan fingerprint density at radius 2 is 1.58 bits per heavy atom. The third kappa shape index (κ3) is 2.13. The average Bonchev–Trinajstić information content (AvgIpc) is 3.01. The third-order valence-corrected chi connectivity index (χ3v) is 4.85. The van der Waals surface area contributed by atoms with Crippen LogP contribution in [0, 0.1) is 0 Å². The maximum absolute atomic E-state index is 9.56. The highest BCUT2D eigenvalue weighted by Gasteiger charge is 2.15. The molecule has 126 valence electrons. The Bertz CT molecular complexity index is 1270. The number of aliphatic hydroxyl groups is 2. The fourth-order valence-corrected chi connectivity index (χ4v) is 3.68. The number of aliphatic hydroxyl groups excluding tert-OH is 1. The normalized spacial score (nSPS) is 11.8. The van der Waals surface area contributed by atoms with Crippen LogP contribution >= 0.6 is 0 Å². The molecule has 2 heterocycles. The highest BCUT2D eigenvalue weighted by Crippen LogP contribution is 2.35. The van der Waals surface area contributed by atoms with Gasteiger partial charge in [-0.15, -0.1) is 0 Å². The van der Waals surface area contributed by atoms with Crippen molar-refractivity contribution in [2.24, 2.45) is 0 Å². The Morgan fingerprint density at radius 3 is 2.46 bits per heavy atom. The Morgan fingerprint density at radius 1 is 0.769 bits per heavy atom. The van der Waals surface area contributed by atoms with Gasteiger partial charge in [-0.05, 0) is 30.3 Å². The van der Waals surface area contributed by atoms with Crippen LogP contribution < -0.4 is 0 Å². The second kappa shape index (κ2) is 5.66. The van der Waals surface area contributed by atoms with Crippen LogP contribution in [0.4, 0.5) is 0 Å². The van der Waals surface area contributed by atoms with Crippen molar-refractivity contribution in [1.82, 2.24) is 9.55 Å². The molecule has 0 fully saturated rings. The molecule has 0 spiro atoms. The molecular weight excluding hydrogens is 324 g/mol. The zero-order valence-corrected chi connectivity index (χ0v) is 13.9. The zero-order chi connectivity index (χ0) is 17.7. The van der Waals surface area contributed by atoms with E-state index in [0.29, 0.717) is 5.56 Å². The van der Waals surface area contributed by atoms with E-state index in [0.717, 1.165) is 38.4 Å². The lowest BCUT2D eigenvalue weighted by molar-refractivity contribution is -0.0423. The van der Waals surface area contributed by atoms with Gasteiger partial charge in [0.2, 0.25) is 0 Å². The first-order valence-corrected chi connectivity index (χ1v) is 8.47. The van der Waals surface area contributed by atoms with Crippen molar-refractivity contribution in [3.8, 4) is 5.69 Å². The summed E-state index contributed by atoms with van der Waals surface area (Å²) in [4.78, 5) is 4.60. The standard InChI is InChI=1S/C22H16N2O2/c25-22(26)15-10-11-19-17(13-15)16-7-1-2-8-18(16)24(19)20-9-3-5-14-6-4-12-23-21(14)20/h1-13,22,25-26H. The van der Waals surface area contributed by atoms with E-state index in [2.05, 4.69) is 39.9 Å². The number of para-hydroxylation sites is 2. The smallest absolute Gasteiger partial charge is 0.178 e. The molecule has 0 radical (unpaired) electrons. The van der Waals surface area contributed by atoms with Gasteiger partial charge in [0.05, 0.1) is 22.2 Å². The number of pyridine rings is 1. The molecular formula is C22H16N2O2. The van der Waals surface area contributed by atoms with Crippen molar-refractivity contribution in [2.75, 3.05) is 0 Å². The number of hydrogen-bond acceptors (Lipinski definition) is 3. The van der Waals surface area contributed by atoms with E-state index in [1.165, 1.54) is 0 Å². The van der Waals surface area contributed by atoms with Crippen molar-refractivity contribution in [3.63, 3.8) is 0 Å². The largest absolute Gasteiger partial charge is 0.364 e. The van der Waals surface area contributed by atoms with Crippen molar-refractivity contribution in [3.05, 3.63) is 84.6 Å². The zero-order valence-electron chi connectivity index (χ0n) is 13.9. The van der Waals surface area contributed by atoms with E-state index in [9.17, 15) is 10.2 Å². The van der Waals surface area contributed by atoms with Crippen molar-refractivity contribution in [1.29, 1.82) is 0 Å². The molecule has 0 aliphatic carbocycles. The van der Waals surface area contributed by atoms with Gasteiger partial charge in [0, 0.05) is 27.9 Å². The molecule has 2 N–H and O–H groups in total. The second-order valence-corrected chi connectivity index (χ2v) is 6.36. The van der Waals surface area contributed by atoms with Crippen LogP contribution in [0.5, 0.6) is 0 Å². The summed E-state index contributed by atoms with van der Waals surface area (Å²) in [5, 5.41) is 22.3. The van der Waals surface area contributed by atoms with Crippen LogP contribution in [0.15, 0.2) is 79.0 Å². The molecule has 0 saturated carbocycles. The van der Waals surface area contributed by atoms with Crippen LogP contribution in [0.25, 0.3) is 38.4 Å². The highest BCUT2D eigenvalue weighted by atomic mass is 16.5. The molecule has 4 nitrogen and oxygen atoms in total. The molecule has 0 aliphatic rings. The molecule has 5 rings (SSSR count). The number of fused-ring (bicyclic) bond motifs is 4. The predicted molar refractivity (Wildman–Crippen MR) is 103 cm³/mol. The quantitative estimate of drug-likeness (QED) is 0.471. The Labute approximate surface area is 149 Å². The van der Waals surface area contributed by atoms with Gasteiger partial charge in [-0.1, -0.05) is 42.5 Å². The summed E-state index contributed by atoms with van der Waals surface area (Å²) in [6.07, 6.45) is 0.320. The van der Waals surface area contributed by atoms with Crippen LogP contribution in [0.3, 0.4) is 0 Å². The van der Waals surface area contributed by atoms with Crippen molar-refractivity contribution in [2.45, 2.75) is 6.29 Å². The Balaban J connectivity index is 1.95. The molecule has 26 heavy (non-hydrogen) atoms. The van der Waals surface area contributed by atoms with Gasteiger partial charge in [0.25, 0.3) is 0 Å². The van der Waals surface area contributed by atoms with Gasteiger partial charge in [-0.2, -0.15) is 0 Å². The minimum Gasteiger partial charge on any atom is -0.364 e. The lowest BCUT2D eigenvalue weighted by Crippen LogP contribution is -1.97. The van der Waals surface area contributed by atoms with Gasteiger partial charge in [-0.3, -0.25) is 4.98 Å². The Hall–Kier alpha value is -3.21. The third-order valence-electron chi connectivity index (χ3n) is 4.85. The minimum atomic E-state index is -1.49. The van der Waals surface area contributed by atoms with E-state index in [4.69, 9.17) is 0 Å². The minimum absolute atomic E-state index is 0.483. The van der Waals surface area contributed by atoms with Gasteiger partial charge >= 0.3 is 0 Å². The summed E-state index contributed by atoms with van der Waals surface area (Å²) >= 11 is 0. The van der Waals surface area contributed by atoms with Crippen LogP contribution in [0.2, 0.25) is 0 Å². The molecule has 2 aromatic heterocycles. The van der Waals surface area contributed by atoms with E-state index >= 15 is 0 Å². The number of rotatable bonds is 2. The highest BCUT2D eigenvalue weighted by molar-refractivity contribution is 6.10. The molecule has 0 unspecified atom stereocenters. The predicted octanol–water partition coefficient (Wildman–Crippen LogP) is 4.32. The van der Waals surface area contributed by atoms with E-state index in [1.54, 1.807) is 12.3 Å². The lowest BCUT2D eigenvalue weighted by Gasteiger charge is -2.11. The summed E-state index contributed by atoms with van der Waals surface area (Å²) in [6, 6.07) is 23.8. The van der Waals surface area contributed by atoms with Crippen molar-refractivity contribution < 1.29 is 10.2 Å². The molecule has 3 aromatic carbocycles. The van der Waals surface area contributed by atoms with Gasteiger partial charge in [0.15, 0.2) is 6.29 Å².